The van der Waals surface area contributed by atoms with Gasteiger partial charge in [0.1, 0.15) is 17.4 Å². The first kappa shape index (κ1) is 19.1. The van der Waals surface area contributed by atoms with E-state index in [9.17, 15) is 19.3 Å². The summed E-state index contributed by atoms with van der Waals surface area (Å²) in [5.74, 6) is 0.662. The molecule has 1 saturated carbocycles. The van der Waals surface area contributed by atoms with Crippen molar-refractivity contribution in [1.29, 1.82) is 0 Å². The Balaban J connectivity index is 1.44. The molecular formula is C18H16FN5O4S. The van der Waals surface area contributed by atoms with E-state index in [1.807, 2.05) is 10.6 Å². The SMILES string of the molecule is O=C(CSc1nnc(C2CC2)n1Cc1ccco1)Nc1cc([N+](=O)[O-])ccc1F. The average Bonchev–Trinajstić information content (AvgIpc) is 3.26. The summed E-state index contributed by atoms with van der Waals surface area (Å²) >= 11 is 1.16. The number of benzene rings is 1. The second-order valence-electron chi connectivity index (χ2n) is 6.54. The summed E-state index contributed by atoms with van der Waals surface area (Å²) in [6.45, 7) is 0.454. The smallest absolute Gasteiger partial charge is 0.271 e. The number of furan rings is 1. The number of anilines is 1. The van der Waals surface area contributed by atoms with E-state index < -0.39 is 16.6 Å². The number of hydrogen-bond acceptors (Lipinski definition) is 7. The lowest BCUT2D eigenvalue weighted by atomic mass is 10.2. The van der Waals surface area contributed by atoms with Crippen LogP contribution in [0.15, 0.2) is 46.2 Å². The van der Waals surface area contributed by atoms with Crippen LogP contribution in [0.1, 0.15) is 30.3 Å². The molecule has 1 aliphatic carbocycles. The molecule has 0 bridgehead atoms. The molecule has 9 nitrogen and oxygen atoms in total. The van der Waals surface area contributed by atoms with E-state index in [1.54, 1.807) is 12.3 Å². The molecule has 4 rings (SSSR count). The van der Waals surface area contributed by atoms with Crippen LogP contribution in [-0.2, 0) is 11.3 Å². The van der Waals surface area contributed by atoms with Gasteiger partial charge in [-0.15, -0.1) is 10.2 Å². The first-order valence-corrected chi connectivity index (χ1v) is 9.82. The monoisotopic (exact) mass is 417 g/mol. The first-order valence-electron chi connectivity index (χ1n) is 8.83. The molecule has 1 amide bonds. The van der Waals surface area contributed by atoms with E-state index in [1.165, 1.54) is 0 Å². The molecule has 0 atom stereocenters. The number of nitrogens with zero attached hydrogens (tertiary/aromatic N) is 4. The molecule has 1 N–H and O–H groups in total. The minimum atomic E-state index is -0.744. The molecule has 0 unspecified atom stereocenters. The van der Waals surface area contributed by atoms with Crippen LogP contribution in [-0.4, -0.2) is 31.3 Å². The summed E-state index contributed by atoms with van der Waals surface area (Å²) in [5.41, 5.74) is -0.540. The lowest BCUT2D eigenvalue weighted by molar-refractivity contribution is -0.384. The van der Waals surface area contributed by atoms with Gasteiger partial charge in [0.15, 0.2) is 5.16 Å². The number of thioether (sulfide) groups is 1. The molecule has 0 aliphatic heterocycles. The normalized spacial score (nSPS) is 13.4. The van der Waals surface area contributed by atoms with Gasteiger partial charge in [0, 0.05) is 18.1 Å². The van der Waals surface area contributed by atoms with Crippen molar-refractivity contribution in [3.63, 3.8) is 0 Å². The Kier molecular flexibility index (Phi) is 5.30. The molecule has 11 heteroatoms. The third kappa shape index (κ3) is 4.45. The van der Waals surface area contributed by atoms with Crippen molar-refractivity contribution in [1.82, 2.24) is 14.8 Å². The minimum absolute atomic E-state index is 0.0525. The molecule has 2 aromatic heterocycles. The van der Waals surface area contributed by atoms with Gasteiger partial charge in [-0.1, -0.05) is 11.8 Å². The van der Waals surface area contributed by atoms with Crippen LogP contribution in [0.2, 0.25) is 0 Å². The van der Waals surface area contributed by atoms with Crippen molar-refractivity contribution in [2.45, 2.75) is 30.5 Å². The van der Waals surface area contributed by atoms with Crippen LogP contribution in [0.5, 0.6) is 0 Å². The molecular weight excluding hydrogens is 401 g/mol. The van der Waals surface area contributed by atoms with Crippen LogP contribution in [0.25, 0.3) is 0 Å². The molecule has 0 radical (unpaired) electrons. The summed E-state index contributed by atoms with van der Waals surface area (Å²) in [6.07, 6.45) is 3.69. The molecule has 150 valence electrons. The zero-order chi connectivity index (χ0) is 20.4. The zero-order valence-electron chi connectivity index (χ0n) is 15.1. The highest BCUT2D eigenvalue weighted by atomic mass is 32.2. The number of carbonyl (C=O) groups is 1. The average molecular weight is 417 g/mol. The van der Waals surface area contributed by atoms with E-state index >= 15 is 0 Å². The van der Waals surface area contributed by atoms with E-state index in [-0.39, 0.29) is 17.1 Å². The molecule has 2 heterocycles. The summed E-state index contributed by atoms with van der Waals surface area (Å²) < 4.78 is 21.2. The first-order chi connectivity index (χ1) is 14.0. The predicted octanol–water partition coefficient (Wildman–Crippen LogP) is 3.57. The fraction of sp³-hybridized carbons (Fsp3) is 0.278. The van der Waals surface area contributed by atoms with Crippen LogP contribution in [0.4, 0.5) is 15.8 Å². The number of nitro benzene ring substituents is 1. The number of nitrogens with one attached hydrogen (secondary N) is 1. The second kappa shape index (κ2) is 8.03. The summed E-state index contributed by atoms with van der Waals surface area (Å²) in [6, 6.07) is 6.62. The number of hydrogen-bond donors (Lipinski definition) is 1. The van der Waals surface area contributed by atoms with Crippen molar-refractivity contribution in [3.05, 3.63) is 64.1 Å². The van der Waals surface area contributed by atoms with Crippen LogP contribution in [0.3, 0.4) is 0 Å². The second-order valence-corrected chi connectivity index (χ2v) is 7.48. The largest absolute Gasteiger partial charge is 0.467 e. The lowest BCUT2D eigenvalue weighted by Gasteiger charge is -2.09. The molecule has 1 aromatic carbocycles. The quantitative estimate of drug-likeness (QED) is 0.338. The summed E-state index contributed by atoms with van der Waals surface area (Å²) in [5, 5.41) is 22.2. The fourth-order valence-electron chi connectivity index (χ4n) is 2.80. The fourth-order valence-corrected chi connectivity index (χ4v) is 3.54. The topological polar surface area (TPSA) is 116 Å². The van der Waals surface area contributed by atoms with E-state index in [0.29, 0.717) is 17.6 Å². The van der Waals surface area contributed by atoms with Gasteiger partial charge in [-0.25, -0.2) is 4.39 Å². The number of halogens is 1. The van der Waals surface area contributed by atoms with Crippen molar-refractivity contribution in [3.8, 4) is 0 Å². The molecule has 3 aromatic rings. The Morgan fingerprint density at radius 2 is 2.21 bits per heavy atom. The van der Waals surface area contributed by atoms with E-state index in [4.69, 9.17) is 4.42 Å². The van der Waals surface area contributed by atoms with E-state index in [2.05, 4.69) is 15.5 Å². The molecule has 1 aliphatic rings. The number of non-ortho nitro benzene ring substituents is 1. The zero-order valence-corrected chi connectivity index (χ0v) is 15.9. The van der Waals surface area contributed by atoms with E-state index in [0.717, 1.165) is 54.4 Å². The highest BCUT2D eigenvalue weighted by Gasteiger charge is 2.31. The van der Waals surface area contributed by atoms with Crippen LogP contribution in [0, 0.1) is 15.9 Å². The maximum Gasteiger partial charge on any atom is 0.271 e. The predicted molar refractivity (Wildman–Crippen MR) is 102 cm³/mol. The number of rotatable bonds is 8. The third-order valence-corrected chi connectivity index (χ3v) is 5.32. The molecule has 0 saturated heterocycles. The van der Waals surface area contributed by atoms with Gasteiger partial charge in [0.05, 0.1) is 29.2 Å². The molecule has 1 fully saturated rings. The summed E-state index contributed by atoms with van der Waals surface area (Å²) in [7, 11) is 0. The Labute approximate surface area is 168 Å². The van der Waals surface area contributed by atoms with Gasteiger partial charge in [0.2, 0.25) is 5.91 Å². The number of carbonyl (C=O) groups excluding carboxylic acids is 1. The maximum absolute atomic E-state index is 13.9. The molecule has 0 spiro atoms. The standard InChI is InChI=1S/C18H16FN5O4S/c19-14-6-5-12(24(26)27)8-15(14)20-16(25)10-29-18-22-21-17(11-3-4-11)23(18)9-13-2-1-7-28-13/h1-2,5-8,11H,3-4,9-10H2,(H,20,25). The Morgan fingerprint density at radius 1 is 1.38 bits per heavy atom. The highest BCUT2D eigenvalue weighted by Crippen LogP contribution is 2.40. The van der Waals surface area contributed by atoms with Gasteiger partial charge in [-0.3, -0.25) is 19.5 Å². The number of aromatic nitrogens is 3. The summed E-state index contributed by atoms with van der Waals surface area (Å²) in [4.78, 5) is 22.4. The third-order valence-electron chi connectivity index (χ3n) is 4.35. The van der Waals surface area contributed by atoms with Crippen LogP contribution >= 0.6 is 11.8 Å². The Bertz CT molecular complexity index is 1050. The van der Waals surface area contributed by atoms with Gasteiger partial charge in [0.25, 0.3) is 5.69 Å². The highest BCUT2D eigenvalue weighted by molar-refractivity contribution is 7.99. The number of amides is 1. The Hall–Kier alpha value is -3.21. The number of nitro groups is 1. The Morgan fingerprint density at radius 3 is 2.90 bits per heavy atom. The van der Waals surface area contributed by atoms with Gasteiger partial charge < -0.3 is 9.73 Å². The minimum Gasteiger partial charge on any atom is -0.467 e. The van der Waals surface area contributed by atoms with Crippen molar-refractivity contribution in [2.24, 2.45) is 0 Å². The van der Waals surface area contributed by atoms with Crippen molar-refractivity contribution >= 4 is 29.0 Å². The van der Waals surface area contributed by atoms with Gasteiger partial charge in [-0.2, -0.15) is 0 Å². The lowest BCUT2D eigenvalue weighted by Crippen LogP contribution is -2.16. The van der Waals surface area contributed by atoms with Gasteiger partial charge in [-0.05, 0) is 31.0 Å². The van der Waals surface area contributed by atoms with Crippen molar-refractivity contribution < 1.29 is 18.5 Å². The van der Waals surface area contributed by atoms with Crippen molar-refractivity contribution in [2.75, 3.05) is 11.1 Å². The van der Waals surface area contributed by atoms with Crippen LogP contribution < -0.4 is 5.32 Å². The van der Waals surface area contributed by atoms with Gasteiger partial charge >= 0.3 is 0 Å². The molecule has 29 heavy (non-hydrogen) atoms. The maximum atomic E-state index is 13.9.